The summed E-state index contributed by atoms with van der Waals surface area (Å²) in [6.07, 6.45) is 3.51. The second-order valence-corrected chi connectivity index (χ2v) is 5.26. The molecule has 0 amide bonds. The Morgan fingerprint density at radius 3 is 2.62 bits per heavy atom. The lowest BCUT2D eigenvalue weighted by Gasteiger charge is -2.09. The van der Waals surface area contributed by atoms with Crippen LogP contribution in [0.1, 0.15) is 12.5 Å². The number of hydrogen-bond donors (Lipinski definition) is 0. The lowest BCUT2D eigenvalue weighted by molar-refractivity contribution is 0.290. The van der Waals surface area contributed by atoms with Crippen LogP contribution in [-0.2, 0) is 6.61 Å². The zero-order chi connectivity index (χ0) is 16.8. The molecule has 1 heterocycles. The molecule has 2 aromatic carbocycles. The topological polar surface area (TPSA) is 31.4 Å². The molecule has 0 fully saturated rings. The lowest BCUT2D eigenvalue weighted by atomic mass is 10.1. The van der Waals surface area contributed by atoms with Crippen LogP contribution >= 0.6 is 0 Å². The van der Waals surface area contributed by atoms with Gasteiger partial charge in [-0.15, -0.1) is 0 Å². The number of halogens is 1. The first-order chi connectivity index (χ1) is 11.8. The van der Waals surface area contributed by atoms with Crippen LogP contribution in [-0.4, -0.2) is 11.6 Å². The zero-order valence-electron chi connectivity index (χ0n) is 13.4. The summed E-state index contributed by atoms with van der Waals surface area (Å²) in [6.45, 7) is 2.83. The molecule has 0 spiro atoms. The molecular weight excluding hydrogens is 305 g/mol. The first-order valence-corrected chi connectivity index (χ1v) is 7.81. The van der Waals surface area contributed by atoms with Gasteiger partial charge in [-0.2, -0.15) is 0 Å². The molecule has 24 heavy (non-hydrogen) atoms. The molecule has 0 bridgehead atoms. The summed E-state index contributed by atoms with van der Waals surface area (Å²) >= 11 is 0. The van der Waals surface area contributed by atoms with Gasteiger partial charge in [-0.05, 0) is 42.8 Å². The number of para-hydroxylation sites is 1. The minimum Gasteiger partial charge on any atom is -0.494 e. The van der Waals surface area contributed by atoms with E-state index in [1.165, 1.54) is 6.07 Å². The lowest BCUT2D eigenvalue weighted by Crippen LogP contribution is -1.98. The maximum absolute atomic E-state index is 13.6. The van der Waals surface area contributed by atoms with Gasteiger partial charge in [0.25, 0.3) is 0 Å². The number of pyridine rings is 1. The van der Waals surface area contributed by atoms with E-state index in [0.717, 1.165) is 22.4 Å². The van der Waals surface area contributed by atoms with E-state index in [4.69, 9.17) is 9.47 Å². The number of aromatic nitrogens is 1. The van der Waals surface area contributed by atoms with Crippen LogP contribution in [0.3, 0.4) is 0 Å². The molecular formula is C20H18FNO2. The van der Waals surface area contributed by atoms with Crippen LogP contribution in [0.15, 0.2) is 67.0 Å². The third kappa shape index (κ3) is 3.90. The van der Waals surface area contributed by atoms with Crippen LogP contribution < -0.4 is 9.47 Å². The molecule has 0 atom stereocenters. The second-order valence-electron chi connectivity index (χ2n) is 5.26. The Kier molecular flexibility index (Phi) is 5.06. The van der Waals surface area contributed by atoms with Crippen molar-refractivity contribution in [3.05, 3.63) is 78.4 Å². The number of ether oxygens (including phenoxy) is 2. The molecule has 3 nitrogen and oxygen atoms in total. The van der Waals surface area contributed by atoms with Gasteiger partial charge in [0.15, 0.2) is 11.6 Å². The van der Waals surface area contributed by atoms with Gasteiger partial charge in [0, 0.05) is 23.5 Å². The highest BCUT2D eigenvalue weighted by Gasteiger charge is 2.05. The van der Waals surface area contributed by atoms with Gasteiger partial charge in [-0.25, -0.2) is 4.39 Å². The largest absolute Gasteiger partial charge is 0.494 e. The maximum Gasteiger partial charge on any atom is 0.165 e. The quantitative estimate of drug-likeness (QED) is 0.649. The van der Waals surface area contributed by atoms with Gasteiger partial charge in [0.1, 0.15) is 12.4 Å². The fraction of sp³-hybridized carbons (Fsp3) is 0.150. The Morgan fingerprint density at radius 1 is 0.917 bits per heavy atom. The molecule has 0 saturated heterocycles. The van der Waals surface area contributed by atoms with Gasteiger partial charge in [0.2, 0.25) is 0 Å². The molecule has 0 aliphatic carbocycles. The minimum atomic E-state index is -0.369. The van der Waals surface area contributed by atoms with Gasteiger partial charge in [0.05, 0.1) is 6.61 Å². The molecule has 0 unspecified atom stereocenters. The predicted molar refractivity (Wildman–Crippen MR) is 91.6 cm³/mol. The Bertz CT molecular complexity index is 820. The monoisotopic (exact) mass is 323 g/mol. The third-order valence-electron chi connectivity index (χ3n) is 3.50. The molecule has 4 heteroatoms. The van der Waals surface area contributed by atoms with Crippen LogP contribution in [0.5, 0.6) is 11.5 Å². The Hall–Kier alpha value is -2.88. The molecule has 0 saturated carbocycles. The van der Waals surface area contributed by atoms with E-state index in [-0.39, 0.29) is 18.2 Å². The second kappa shape index (κ2) is 7.59. The highest BCUT2D eigenvalue weighted by molar-refractivity contribution is 5.64. The van der Waals surface area contributed by atoms with Crippen LogP contribution in [0.25, 0.3) is 11.1 Å². The summed E-state index contributed by atoms with van der Waals surface area (Å²) in [7, 11) is 0. The minimum absolute atomic E-state index is 0.237. The molecule has 0 radical (unpaired) electrons. The van der Waals surface area contributed by atoms with Crippen molar-refractivity contribution in [2.45, 2.75) is 13.5 Å². The van der Waals surface area contributed by atoms with E-state index in [2.05, 4.69) is 4.98 Å². The first-order valence-electron chi connectivity index (χ1n) is 7.81. The average molecular weight is 323 g/mol. The number of nitrogens with zero attached hydrogens (tertiary/aromatic N) is 1. The smallest absolute Gasteiger partial charge is 0.165 e. The van der Waals surface area contributed by atoms with Crippen molar-refractivity contribution in [2.24, 2.45) is 0 Å². The number of rotatable bonds is 6. The summed E-state index contributed by atoms with van der Waals surface area (Å²) in [4.78, 5) is 4.26. The average Bonchev–Trinajstić information content (AvgIpc) is 2.62. The normalized spacial score (nSPS) is 10.4. The van der Waals surface area contributed by atoms with Crippen molar-refractivity contribution < 1.29 is 13.9 Å². The number of hydrogen-bond acceptors (Lipinski definition) is 3. The summed E-state index contributed by atoms with van der Waals surface area (Å²) in [6, 6.07) is 16.2. The molecule has 3 aromatic rings. The standard InChI is InChI=1S/C20H18FNO2/c1-2-23-18-7-5-6-16(11-18)17-10-15(12-22-13-17)14-24-20-9-4-3-8-19(20)21/h3-13H,2,14H2,1H3. The van der Waals surface area contributed by atoms with E-state index >= 15 is 0 Å². The van der Waals surface area contributed by atoms with E-state index in [1.54, 1.807) is 30.6 Å². The van der Waals surface area contributed by atoms with Crippen LogP contribution in [0.4, 0.5) is 4.39 Å². The number of benzene rings is 2. The van der Waals surface area contributed by atoms with E-state index < -0.39 is 0 Å². The maximum atomic E-state index is 13.6. The third-order valence-corrected chi connectivity index (χ3v) is 3.50. The van der Waals surface area contributed by atoms with Crippen molar-refractivity contribution in [2.75, 3.05) is 6.61 Å². The van der Waals surface area contributed by atoms with Crippen molar-refractivity contribution in [3.8, 4) is 22.6 Å². The Balaban J connectivity index is 1.77. The van der Waals surface area contributed by atoms with Crippen molar-refractivity contribution in [3.63, 3.8) is 0 Å². The van der Waals surface area contributed by atoms with Crippen molar-refractivity contribution >= 4 is 0 Å². The van der Waals surface area contributed by atoms with Crippen LogP contribution in [0.2, 0.25) is 0 Å². The van der Waals surface area contributed by atoms with Gasteiger partial charge in [-0.3, -0.25) is 4.98 Å². The Morgan fingerprint density at radius 2 is 1.79 bits per heavy atom. The molecule has 122 valence electrons. The summed E-state index contributed by atoms with van der Waals surface area (Å²) in [5, 5.41) is 0. The summed E-state index contributed by atoms with van der Waals surface area (Å²) < 4.78 is 24.7. The molecule has 0 aliphatic rings. The highest BCUT2D eigenvalue weighted by Crippen LogP contribution is 2.24. The fourth-order valence-corrected chi connectivity index (χ4v) is 2.38. The highest BCUT2D eigenvalue weighted by atomic mass is 19.1. The molecule has 1 aromatic heterocycles. The SMILES string of the molecule is CCOc1cccc(-c2cncc(COc3ccccc3F)c2)c1. The molecule has 0 N–H and O–H groups in total. The van der Waals surface area contributed by atoms with Crippen molar-refractivity contribution in [1.29, 1.82) is 0 Å². The summed E-state index contributed by atoms with van der Waals surface area (Å²) in [5.41, 5.74) is 2.85. The van der Waals surface area contributed by atoms with Gasteiger partial charge in [-0.1, -0.05) is 24.3 Å². The predicted octanol–water partition coefficient (Wildman–Crippen LogP) is 4.87. The van der Waals surface area contributed by atoms with E-state index in [0.29, 0.717) is 6.61 Å². The van der Waals surface area contributed by atoms with E-state index in [9.17, 15) is 4.39 Å². The van der Waals surface area contributed by atoms with Crippen LogP contribution in [0, 0.1) is 5.82 Å². The van der Waals surface area contributed by atoms with E-state index in [1.807, 2.05) is 37.3 Å². The first kappa shape index (κ1) is 16.0. The molecule has 0 aliphatic heterocycles. The van der Waals surface area contributed by atoms with Gasteiger partial charge >= 0.3 is 0 Å². The molecule has 3 rings (SSSR count). The van der Waals surface area contributed by atoms with Crippen molar-refractivity contribution in [1.82, 2.24) is 4.98 Å². The Labute approximate surface area is 140 Å². The zero-order valence-corrected chi connectivity index (χ0v) is 13.4. The van der Waals surface area contributed by atoms with Gasteiger partial charge < -0.3 is 9.47 Å². The fourth-order valence-electron chi connectivity index (χ4n) is 2.38. The summed E-state index contributed by atoms with van der Waals surface area (Å²) in [5.74, 6) is 0.690.